The molecule has 0 spiro atoms. The summed E-state index contributed by atoms with van der Waals surface area (Å²) in [5.41, 5.74) is -0.460. The molecule has 7 heteroatoms. The van der Waals surface area contributed by atoms with Crippen molar-refractivity contribution in [3.8, 4) is 0 Å². The van der Waals surface area contributed by atoms with E-state index in [1.807, 2.05) is 0 Å². The molecule has 1 aromatic carbocycles. The SMILES string of the molecule is O=C(Nc1ccc(C(F)(F)F)cc1)c1cc(Cl)ccn1. The number of anilines is 1. The number of nitrogens with one attached hydrogen (secondary N) is 1. The fourth-order valence-corrected chi connectivity index (χ4v) is 1.63. The Labute approximate surface area is 117 Å². The second-order valence-electron chi connectivity index (χ2n) is 3.89. The lowest BCUT2D eigenvalue weighted by molar-refractivity contribution is -0.137. The van der Waals surface area contributed by atoms with Gasteiger partial charge in [0.15, 0.2) is 0 Å². The first kappa shape index (κ1) is 14.3. The van der Waals surface area contributed by atoms with Crippen LogP contribution in [-0.4, -0.2) is 10.9 Å². The largest absolute Gasteiger partial charge is 0.416 e. The Bertz CT molecular complexity index is 626. The molecule has 0 fully saturated rings. The van der Waals surface area contributed by atoms with E-state index in [0.29, 0.717) is 5.02 Å². The number of benzene rings is 1. The maximum Gasteiger partial charge on any atom is 0.416 e. The van der Waals surface area contributed by atoms with E-state index in [1.54, 1.807) is 0 Å². The highest BCUT2D eigenvalue weighted by atomic mass is 35.5. The third kappa shape index (κ3) is 3.48. The molecule has 3 nitrogen and oxygen atoms in total. The van der Waals surface area contributed by atoms with Crippen molar-refractivity contribution >= 4 is 23.2 Å². The zero-order chi connectivity index (χ0) is 14.8. The van der Waals surface area contributed by atoms with E-state index >= 15 is 0 Å². The van der Waals surface area contributed by atoms with Crippen molar-refractivity contribution in [1.82, 2.24) is 4.98 Å². The summed E-state index contributed by atoms with van der Waals surface area (Å²) in [7, 11) is 0. The quantitative estimate of drug-likeness (QED) is 0.910. The summed E-state index contributed by atoms with van der Waals surface area (Å²) < 4.78 is 37.1. The first-order valence-corrected chi connectivity index (χ1v) is 5.84. The Morgan fingerprint density at radius 1 is 1.15 bits per heavy atom. The lowest BCUT2D eigenvalue weighted by Crippen LogP contribution is -2.13. The Morgan fingerprint density at radius 3 is 2.35 bits per heavy atom. The van der Waals surface area contributed by atoms with Gasteiger partial charge in [-0.3, -0.25) is 9.78 Å². The van der Waals surface area contributed by atoms with Crippen LogP contribution in [0.1, 0.15) is 16.1 Å². The predicted octanol–water partition coefficient (Wildman–Crippen LogP) is 4.01. The molecule has 0 bridgehead atoms. The highest BCUT2D eigenvalue weighted by molar-refractivity contribution is 6.30. The van der Waals surface area contributed by atoms with Gasteiger partial charge in [0.2, 0.25) is 0 Å². The van der Waals surface area contributed by atoms with Gasteiger partial charge in [-0.2, -0.15) is 13.2 Å². The average Bonchev–Trinajstić information content (AvgIpc) is 2.38. The molecule has 0 radical (unpaired) electrons. The minimum atomic E-state index is -4.41. The number of carbonyl (C=O) groups is 1. The standard InChI is InChI=1S/C13H8ClF3N2O/c14-9-5-6-18-11(7-9)12(20)19-10-3-1-8(2-4-10)13(15,16)17/h1-7H,(H,19,20). The number of pyridine rings is 1. The van der Waals surface area contributed by atoms with Crippen LogP contribution < -0.4 is 5.32 Å². The Balaban J connectivity index is 2.12. The van der Waals surface area contributed by atoms with Gasteiger partial charge in [0.1, 0.15) is 5.69 Å². The lowest BCUT2D eigenvalue weighted by Gasteiger charge is -2.08. The van der Waals surface area contributed by atoms with Crippen molar-refractivity contribution in [3.05, 3.63) is 58.9 Å². The van der Waals surface area contributed by atoms with Crippen molar-refractivity contribution in [3.63, 3.8) is 0 Å². The van der Waals surface area contributed by atoms with E-state index in [0.717, 1.165) is 12.1 Å². The van der Waals surface area contributed by atoms with E-state index in [1.165, 1.54) is 30.5 Å². The van der Waals surface area contributed by atoms with Crippen LogP contribution in [0, 0.1) is 0 Å². The zero-order valence-corrected chi connectivity index (χ0v) is 10.7. The smallest absolute Gasteiger partial charge is 0.321 e. The van der Waals surface area contributed by atoms with Crippen molar-refractivity contribution in [2.45, 2.75) is 6.18 Å². The van der Waals surface area contributed by atoms with Gasteiger partial charge >= 0.3 is 6.18 Å². The molecule has 0 saturated carbocycles. The van der Waals surface area contributed by atoms with Crippen LogP contribution in [0.15, 0.2) is 42.6 Å². The van der Waals surface area contributed by atoms with Crippen molar-refractivity contribution < 1.29 is 18.0 Å². The number of amides is 1. The monoisotopic (exact) mass is 300 g/mol. The summed E-state index contributed by atoms with van der Waals surface area (Å²) in [6.45, 7) is 0. The van der Waals surface area contributed by atoms with Crippen LogP contribution in [0.5, 0.6) is 0 Å². The van der Waals surface area contributed by atoms with Gasteiger partial charge < -0.3 is 5.32 Å². The molecule has 0 saturated heterocycles. The van der Waals surface area contributed by atoms with Gasteiger partial charge in [-0.1, -0.05) is 11.6 Å². The van der Waals surface area contributed by atoms with E-state index in [-0.39, 0.29) is 11.4 Å². The molecular weight excluding hydrogens is 293 g/mol. The average molecular weight is 301 g/mol. The van der Waals surface area contributed by atoms with Crippen LogP contribution in [0.2, 0.25) is 5.02 Å². The van der Waals surface area contributed by atoms with Gasteiger partial charge in [0.25, 0.3) is 5.91 Å². The van der Waals surface area contributed by atoms with Crippen molar-refractivity contribution in [1.29, 1.82) is 0 Å². The highest BCUT2D eigenvalue weighted by Gasteiger charge is 2.29. The zero-order valence-electron chi connectivity index (χ0n) is 9.91. The van der Waals surface area contributed by atoms with Gasteiger partial charge in [0.05, 0.1) is 5.56 Å². The molecule has 0 atom stereocenters. The number of hydrogen-bond donors (Lipinski definition) is 1. The Morgan fingerprint density at radius 2 is 1.80 bits per heavy atom. The van der Waals surface area contributed by atoms with Crippen LogP contribution in [0.3, 0.4) is 0 Å². The first-order chi connectivity index (χ1) is 9.36. The number of hydrogen-bond acceptors (Lipinski definition) is 2. The molecule has 1 aromatic heterocycles. The topological polar surface area (TPSA) is 42.0 Å². The second-order valence-corrected chi connectivity index (χ2v) is 4.32. The van der Waals surface area contributed by atoms with Crippen molar-refractivity contribution in [2.75, 3.05) is 5.32 Å². The summed E-state index contributed by atoms with van der Waals surface area (Å²) in [5.74, 6) is -0.549. The molecule has 0 aliphatic heterocycles. The molecule has 1 N–H and O–H groups in total. The number of nitrogens with zero attached hydrogens (tertiary/aromatic N) is 1. The van der Waals surface area contributed by atoms with Crippen molar-refractivity contribution in [2.24, 2.45) is 0 Å². The lowest BCUT2D eigenvalue weighted by atomic mass is 10.2. The van der Waals surface area contributed by atoms with Crippen LogP contribution >= 0.6 is 11.6 Å². The van der Waals surface area contributed by atoms with Gasteiger partial charge in [0, 0.05) is 16.9 Å². The Hall–Kier alpha value is -2.08. The maximum atomic E-state index is 12.4. The van der Waals surface area contributed by atoms with Gasteiger partial charge in [-0.25, -0.2) is 0 Å². The Kier molecular flexibility index (Phi) is 3.94. The van der Waals surface area contributed by atoms with Crippen LogP contribution in [-0.2, 0) is 6.18 Å². The van der Waals surface area contributed by atoms with Crippen LogP contribution in [0.25, 0.3) is 0 Å². The third-order valence-corrected chi connectivity index (χ3v) is 2.66. The molecule has 2 rings (SSSR count). The van der Waals surface area contributed by atoms with Gasteiger partial charge in [-0.15, -0.1) is 0 Å². The first-order valence-electron chi connectivity index (χ1n) is 5.46. The van der Waals surface area contributed by atoms with E-state index in [2.05, 4.69) is 10.3 Å². The summed E-state index contributed by atoms with van der Waals surface area (Å²) >= 11 is 5.72. The van der Waals surface area contributed by atoms with E-state index in [4.69, 9.17) is 11.6 Å². The van der Waals surface area contributed by atoms with E-state index < -0.39 is 17.6 Å². The molecule has 2 aromatic rings. The molecule has 20 heavy (non-hydrogen) atoms. The predicted molar refractivity (Wildman–Crippen MR) is 68.6 cm³/mol. The summed E-state index contributed by atoms with van der Waals surface area (Å²) in [5, 5.41) is 2.78. The maximum absolute atomic E-state index is 12.4. The fourth-order valence-electron chi connectivity index (χ4n) is 1.47. The molecule has 0 unspecified atom stereocenters. The van der Waals surface area contributed by atoms with Gasteiger partial charge in [-0.05, 0) is 36.4 Å². The summed E-state index contributed by atoms with van der Waals surface area (Å²) in [4.78, 5) is 15.6. The minimum Gasteiger partial charge on any atom is -0.321 e. The number of halogens is 4. The number of rotatable bonds is 2. The third-order valence-electron chi connectivity index (χ3n) is 2.42. The molecule has 0 aliphatic rings. The fraction of sp³-hybridized carbons (Fsp3) is 0.0769. The molecule has 1 heterocycles. The second kappa shape index (κ2) is 5.50. The molecule has 0 aliphatic carbocycles. The van der Waals surface area contributed by atoms with Crippen LogP contribution in [0.4, 0.5) is 18.9 Å². The van der Waals surface area contributed by atoms with E-state index in [9.17, 15) is 18.0 Å². The minimum absolute atomic E-state index is 0.0809. The summed E-state index contributed by atoms with van der Waals surface area (Å²) in [6, 6.07) is 7.00. The summed E-state index contributed by atoms with van der Waals surface area (Å²) in [6.07, 6.45) is -3.04. The highest BCUT2D eigenvalue weighted by Crippen LogP contribution is 2.29. The number of alkyl halides is 3. The normalized spacial score (nSPS) is 11.2. The molecular formula is C13H8ClF3N2O. The molecule has 1 amide bonds. The molecule has 104 valence electrons. The number of carbonyl (C=O) groups excluding carboxylic acids is 1. The number of aromatic nitrogens is 1.